The minimum Gasteiger partial charge on any atom is -0.300 e. The molecule has 32 valence electrons. The Kier molecular flexibility index (Phi) is 1.92. The fourth-order valence-electron chi connectivity index (χ4n) is 0.166. The lowest BCUT2D eigenvalue weighted by atomic mass is 10.0. The van der Waals surface area contributed by atoms with Crippen molar-refractivity contribution in [3.63, 3.8) is 0 Å². The molecule has 0 amide bonds. The molecule has 1 atom stereocenters. The van der Waals surface area contributed by atoms with Gasteiger partial charge < -0.3 is 4.79 Å². The third-order valence-corrected chi connectivity index (χ3v) is 0.405. The lowest BCUT2D eigenvalue weighted by molar-refractivity contribution is -0.116. The summed E-state index contributed by atoms with van der Waals surface area (Å²) in [6.45, 7) is 1.42. The molecule has 0 heterocycles. The second-order valence-electron chi connectivity index (χ2n) is 1.14. The molecular weight excluding hydrogens is 74.9 g/mol. The number of hydrogen-bond donors (Lipinski definition) is 0. The highest BCUT2D eigenvalue weighted by Gasteiger charge is 1.83. The summed E-state index contributed by atoms with van der Waals surface area (Å²) in [4.78, 5) is 10.1. The van der Waals surface area contributed by atoms with E-state index in [4.69, 9.17) is 9.22 Å². The molecule has 0 bridgehead atoms. The van der Waals surface area contributed by atoms with Gasteiger partial charge in [-0.25, -0.2) is 0 Å². The highest BCUT2D eigenvalue weighted by Crippen LogP contribution is 1.82. The van der Waals surface area contributed by atoms with E-state index in [9.17, 15) is 4.79 Å². The Hall–Kier alpha value is -0.265. The largest absolute Gasteiger partial charge is 0.300 e. The summed E-state index contributed by atoms with van der Waals surface area (Å²) in [7, 11) is 4.94. The van der Waals surface area contributed by atoms with Gasteiger partial charge in [0.05, 0.1) is 7.85 Å². The maximum atomic E-state index is 10.1. The molecule has 0 aromatic carbocycles. The first kappa shape index (κ1) is 3.91. The van der Waals surface area contributed by atoms with Gasteiger partial charge in [-0.3, -0.25) is 0 Å². The minimum absolute atomic E-state index is 0.0255. The smallest absolute Gasteiger partial charge is 0.129 e. The zero-order valence-electron chi connectivity index (χ0n) is 4.77. The number of ketones is 1. The van der Waals surface area contributed by atoms with E-state index in [1.165, 1.54) is 6.92 Å². The molecule has 0 rings (SSSR count). The second-order valence-corrected chi connectivity index (χ2v) is 1.14. The van der Waals surface area contributed by atoms with Crippen molar-refractivity contribution in [1.29, 1.82) is 0 Å². The first-order valence-electron chi connectivity index (χ1n) is 2.38. The van der Waals surface area contributed by atoms with Crippen LogP contribution in [0.1, 0.15) is 14.7 Å². The van der Waals surface area contributed by atoms with E-state index >= 15 is 0 Å². The van der Waals surface area contributed by atoms with Gasteiger partial charge >= 0.3 is 0 Å². The predicted molar refractivity (Wildman–Crippen MR) is 25.9 cm³/mol. The van der Waals surface area contributed by atoms with E-state index in [1.54, 1.807) is 0 Å². The molecule has 0 fully saturated rings. The monoisotopic (exact) mass is 83.1 g/mol. The maximum absolute atomic E-state index is 10.1. The molecule has 0 saturated carbocycles. The summed E-state index contributed by atoms with van der Waals surface area (Å²) in [5.74, 6) is -0.0255. The summed E-state index contributed by atoms with van der Waals surface area (Å²) in [6.07, 6.45) is -0.558. The maximum Gasteiger partial charge on any atom is 0.129 e. The van der Waals surface area contributed by atoms with Crippen LogP contribution in [-0.2, 0) is 4.79 Å². The Balaban J connectivity index is 3.13. The average Bonchev–Trinajstić information content (AvgIpc) is 1.27. The lowest BCUT2D eigenvalue weighted by Crippen LogP contribution is -1.85. The molecule has 0 aromatic heterocycles. The molecule has 1 unspecified atom stereocenters. The number of rotatable bonds is 2. The quantitative estimate of drug-likeness (QED) is 0.445. The summed E-state index contributed by atoms with van der Waals surface area (Å²) < 4.78 is 6.66. The molecule has 0 saturated heterocycles. The first-order chi connectivity index (χ1) is 3.13. The van der Waals surface area contributed by atoms with Gasteiger partial charge in [0.15, 0.2) is 0 Å². The first-order valence-corrected chi connectivity index (χ1v) is 1.80. The van der Waals surface area contributed by atoms with Crippen LogP contribution in [0, 0.1) is 0 Å². The molecule has 0 spiro atoms. The van der Waals surface area contributed by atoms with Crippen molar-refractivity contribution >= 4 is 13.6 Å². The van der Waals surface area contributed by atoms with Crippen LogP contribution >= 0.6 is 0 Å². The van der Waals surface area contributed by atoms with Crippen LogP contribution in [0.3, 0.4) is 0 Å². The van der Waals surface area contributed by atoms with Crippen molar-refractivity contribution in [3.05, 3.63) is 0 Å². The van der Waals surface area contributed by atoms with Crippen LogP contribution in [0.4, 0.5) is 0 Å². The van der Waals surface area contributed by atoms with Gasteiger partial charge in [0.2, 0.25) is 0 Å². The molecule has 0 aliphatic heterocycles. The number of hydrogen-bond acceptors (Lipinski definition) is 1. The van der Waals surface area contributed by atoms with Gasteiger partial charge in [-0.05, 0) is 13.3 Å². The Morgan fingerprint density at radius 2 is 2.67 bits per heavy atom. The van der Waals surface area contributed by atoms with Gasteiger partial charge in [-0.2, -0.15) is 0 Å². The molecule has 6 heavy (non-hydrogen) atoms. The van der Waals surface area contributed by atoms with Crippen LogP contribution in [0.2, 0.25) is 6.30 Å². The third kappa shape index (κ3) is 3.73. The highest BCUT2D eigenvalue weighted by molar-refractivity contribution is 6.09. The van der Waals surface area contributed by atoms with E-state index in [1.807, 2.05) is 0 Å². The lowest BCUT2D eigenvalue weighted by Gasteiger charge is -1.80. The molecule has 2 radical (unpaired) electrons. The molecule has 0 aliphatic carbocycles. The SMILES string of the molecule is [2H]C([B])CC(C)=O. The van der Waals surface area contributed by atoms with Gasteiger partial charge in [0.1, 0.15) is 5.78 Å². The van der Waals surface area contributed by atoms with Crippen LogP contribution < -0.4 is 0 Å². The zero-order chi connectivity index (χ0) is 5.86. The number of Topliss-reactive ketones (excluding diaryl/α,β-unsaturated/α-hetero) is 1. The molecule has 0 N–H and O–H groups in total. The van der Waals surface area contributed by atoms with Crippen molar-refractivity contribution in [3.8, 4) is 0 Å². The fourth-order valence-corrected chi connectivity index (χ4v) is 0.166. The van der Waals surface area contributed by atoms with Gasteiger partial charge in [-0.15, -0.1) is 0 Å². The third-order valence-electron chi connectivity index (χ3n) is 0.405. The Bertz CT molecular complexity index is 72.1. The van der Waals surface area contributed by atoms with Crippen LogP contribution in [0.5, 0.6) is 0 Å². The van der Waals surface area contributed by atoms with E-state index < -0.39 is 6.30 Å². The highest BCUT2D eigenvalue weighted by atomic mass is 16.1. The molecule has 0 aromatic rings. The molecule has 0 aliphatic rings. The van der Waals surface area contributed by atoms with E-state index in [0.29, 0.717) is 0 Å². The Morgan fingerprint density at radius 1 is 2.17 bits per heavy atom. The Morgan fingerprint density at radius 3 is 2.67 bits per heavy atom. The fraction of sp³-hybridized carbons (Fsp3) is 0.750. The van der Waals surface area contributed by atoms with Crippen molar-refractivity contribution in [2.75, 3.05) is 0 Å². The van der Waals surface area contributed by atoms with Gasteiger partial charge in [0.25, 0.3) is 0 Å². The number of carbonyl (C=O) groups is 1. The van der Waals surface area contributed by atoms with E-state index in [2.05, 4.69) is 0 Å². The van der Waals surface area contributed by atoms with Crippen LogP contribution in [0.25, 0.3) is 0 Å². The normalized spacial score (nSPS) is 15.8. The molecular formula is C4H7BO. The second kappa shape index (κ2) is 2.95. The van der Waals surface area contributed by atoms with Crippen molar-refractivity contribution < 1.29 is 6.17 Å². The summed E-state index contributed by atoms with van der Waals surface area (Å²) in [5, 5.41) is 0. The van der Waals surface area contributed by atoms with Crippen molar-refractivity contribution in [1.82, 2.24) is 0 Å². The summed E-state index contributed by atoms with van der Waals surface area (Å²) in [5.41, 5.74) is 0. The number of carbonyl (C=O) groups excluding carboxylic acids is 1. The Labute approximate surface area is 40.6 Å². The average molecular weight is 82.9 g/mol. The van der Waals surface area contributed by atoms with Crippen LogP contribution in [0.15, 0.2) is 0 Å². The van der Waals surface area contributed by atoms with Crippen molar-refractivity contribution in [2.24, 2.45) is 0 Å². The van der Waals surface area contributed by atoms with Gasteiger partial charge in [-0.1, -0.05) is 6.30 Å². The molecule has 1 nitrogen and oxygen atoms in total. The topological polar surface area (TPSA) is 17.1 Å². The molecule has 2 heteroatoms. The summed E-state index contributed by atoms with van der Waals surface area (Å²) >= 11 is 0. The van der Waals surface area contributed by atoms with Crippen LogP contribution in [-0.4, -0.2) is 13.6 Å². The zero-order valence-corrected chi connectivity index (χ0v) is 3.77. The van der Waals surface area contributed by atoms with E-state index in [0.717, 1.165) is 0 Å². The van der Waals surface area contributed by atoms with E-state index in [-0.39, 0.29) is 12.2 Å². The van der Waals surface area contributed by atoms with Gasteiger partial charge in [0, 0.05) is 1.37 Å². The predicted octanol–water partition coefficient (Wildman–Crippen LogP) is 0.552. The van der Waals surface area contributed by atoms with Crippen molar-refractivity contribution in [2.45, 2.75) is 19.6 Å². The minimum atomic E-state index is -0.725. The standard InChI is InChI=1S/C4H7BO/c1-4(6)2-3-5/h2-3H2,1H3/i3D. The summed E-state index contributed by atoms with van der Waals surface area (Å²) in [6, 6.07) is 0.